The number of benzene rings is 3. The topological polar surface area (TPSA) is 102 Å². The number of ether oxygens (including phenoxy) is 3. The maximum Gasteiger partial charge on any atom is 0.312 e. The van der Waals surface area contributed by atoms with Gasteiger partial charge >= 0.3 is 5.97 Å². The largest absolute Gasteiger partial charge is 0.507 e. The summed E-state index contributed by atoms with van der Waals surface area (Å²) in [5, 5.41) is 21.3. The van der Waals surface area contributed by atoms with E-state index < -0.39 is 11.9 Å². The van der Waals surface area contributed by atoms with E-state index in [-0.39, 0.29) is 46.5 Å². The maximum absolute atomic E-state index is 13.0. The molecule has 0 amide bonds. The van der Waals surface area contributed by atoms with Crippen molar-refractivity contribution in [1.29, 1.82) is 0 Å². The Kier molecular flexibility index (Phi) is 5.25. The summed E-state index contributed by atoms with van der Waals surface area (Å²) in [6, 6.07) is 14.7. The maximum atomic E-state index is 13.0. The fourth-order valence-electron chi connectivity index (χ4n) is 3.78. The smallest absolute Gasteiger partial charge is 0.312 e. The number of fused-ring (bicyclic) bond motifs is 1. The molecule has 1 aliphatic rings. The average molecular weight is 420 g/mol. The van der Waals surface area contributed by atoms with Gasteiger partial charge in [0.15, 0.2) is 17.3 Å². The lowest BCUT2D eigenvalue weighted by Crippen LogP contribution is -2.22. The Balaban J connectivity index is 1.88. The molecule has 0 saturated heterocycles. The minimum atomic E-state index is -0.636. The number of carbonyl (C=O) groups is 2. The van der Waals surface area contributed by atoms with Gasteiger partial charge in [-0.3, -0.25) is 9.59 Å². The molecule has 1 atom stereocenters. The summed E-state index contributed by atoms with van der Waals surface area (Å²) in [5.74, 6) is -1.41. The van der Waals surface area contributed by atoms with Crippen LogP contribution in [0.3, 0.4) is 0 Å². The molecule has 3 aromatic rings. The molecule has 4 rings (SSSR count). The molecule has 0 unspecified atom stereocenters. The Labute approximate surface area is 178 Å². The van der Waals surface area contributed by atoms with Gasteiger partial charge in [-0.1, -0.05) is 30.3 Å². The SMILES string of the molecule is COc1cc([C@@H]2CC(=O)Oc3ccc(C(=O)c4ccccc4)c(O)c32)cc(OC)c1O. The van der Waals surface area contributed by atoms with E-state index in [1.807, 2.05) is 0 Å². The number of carbonyl (C=O) groups excluding carboxylic acids is 2. The molecular weight excluding hydrogens is 400 g/mol. The van der Waals surface area contributed by atoms with E-state index in [1.165, 1.54) is 26.4 Å². The summed E-state index contributed by atoms with van der Waals surface area (Å²) in [4.78, 5) is 25.2. The number of phenols is 2. The van der Waals surface area contributed by atoms with Gasteiger partial charge in [0.25, 0.3) is 0 Å². The molecule has 7 nitrogen and oxygen atoms in total. The molecule has 2 N–H and O–H groups in total. The average Bonchev–Trinajstić information content (AvgIpc) is 2.79. The third-order valence-corrected chi connectivity index (χ3v) is 5.31. The first-order valence-corrected chi connectivity index (χ1v) is 9.55. The van der Waals surface area contributed by atoms with Crippen LogP contribution in [0.2, 0.25) is 0 Å². The van der Waals surface area contributed by atoms with Crippen molar-refractivity contribution < 1.29 is 34.0 Å². The second-order valence-electron chi connectivity index (χ2n) is 7.07. The molecule has 0 saturated carbocycles. The van der Waals surface area contributed by atoms with Crippen LogP contribution in [0.5, 0.6) is 28.7 Å². The molecule has 0 radical (unpaired) electrons. The van der Waals surface area contributed by atoms with Crippen LogP contribution < -0.4 is 14.2 Å². The summed E-state index contributed by atoms with van der Waals surface area (Å²) >= 11 is 0. The standard InChI is InChI=1S/C24H20O7/c1-29-18-10-14(11-19(30-2)24(18)28)16-12-20(25)31-17-9-8-15(23(27)21(16)17)22(26)13-6-4-3-5-7-13/h3-11,16,27-28H,12H2,1-2H3/t16-/m0/s1. The van der Waals surface area contributed by atoms with Crippen molar-refractivity contribution in [3.05, 3.63) is 76.9 Å². The fourth-order valence-corrected chi connectivity index (χ4v) is 3.78. The molecule has 0 aliphatic carbocycles. The number of hydrogen-bond acceptors (Lipinski definition) is 7. The molecule has 158 valence electrons. The van der Waals surface area contributed by atoms with Crippen molar-refractivity contribution in [1.82, 2.24) is 0 Å². The minimum Gasteiger partial charge on any atom is -0.507 e. The van der Waals surface area contributed by atoms with Gasteiger partial charge in [0.1, 0.15) is 11.5 Å². The van der Waals surface area contributed by atoms with E-state index in [4.69, 9.17) is 14.2 Å². The van der Waals surface area contributed by atoms with Gasteiger partial charge in [-0.05, 0) is 29.8 Å². The third-order valence-electron chi connectivity index (χ3n) is 5.31. The van der Waals surface area contributed by atoms with E-state index >= 15 is 0 Å². The fraction of sp³-hybridized carbons (Fsp3) is 0.167. The number of esters is 1. The monoisotopic (exact) mass is 420 g/mol. The highest BCUT2D eigenvalue weighted by molar-refractivity contribution is 6.11. The molecule has 0 aromatic heterocycles. The summed E-state index contributed by atoms with van der Waals surface area (Å²) in [7, 11) is 2.80. The van der Waals surface area contributed by atoms with Crippen molar-refractivity contribution in [3.63, 3.8) is 0 Å². The van der Waals surface area contributed by atoms with Crippen LogP contribution in [0.15, 0.2) is 54.6 Å². The number of methoxy groups -OCH3 is 2. The normalized spacial score (nSPS) is 15.0. The van der Waals surface area contributed by atoms with E-state index in [0.29, 0.717) is 16.7 Å². The van der Waals surface area contributed by atoms with E-state index in [9.17, 15) is 19.8 Å². The van der Waals surface area contributed by atoms with Crippen molar-refractivity contribution in [2.24, 2.45) is 0 Å². The second-order valence-corrected chi connectivity index (χ2v) is 7.07. The van der Waals surface area contributed by atoms with Crippen molar-refractivity contribution >= 4 is 11.8 Å². The summed E-state index contributed by atoms with van der Waals surface area (Å²) < 4.78 is 15.8. The molecule has 3 aromatic carbocycles. The lowest BCUT2D eigenvalue weighted by atomic mass is 9.83. The first kappa shape index (κ1) is 20.3. The number of hydrogen-bond donors (Lipinski definition) is 2. The Hall–Kier alpha value is -4.00. The number of aromatic hydroxyl groups is 2. The van der Waals surface area contributed by atoms with Crippen LogP contribution >= 0.6 is 0 Å². The predicted molar refractivity (Wildman–Crippen MR) is 111 cm³/mol. The van der Waals surface area contributed by atoms with Gasteiger partial charge in [0.2, 0.25) is 5.75 Å². The lowest BCUT2D eigenvalue weighted by molar-refractivity contribution is -0.135. The highest BCUT2D eigenvalue weighted by atomic mass is 16.5. The minimum absolute atomic E-state index is 0.0688. The van der Waals surface area contributed by atoms with Crippen molar-refractivity contribution in [2.75, 3.05) is 14.2 Å². The van der Waals surface area contributed by atoms with Crippen molar-refractivity contribution in [3.8, 4) is 28.7 Å². The highest BCUT2D eigenvalue weighted by Crippen LogP contribution is 2.48. The van der Waals surface area contributed by atoms with Gasteiger partial charge in [0, 0.05) is 17.0 Å². The van der Waals surface area contributed by atoms with E-state index in [2.05, 4.69) is 0 Å². The Morgan fingerprint density at radius 3 is 2.23 bits per heavy atom. The highest BCUT2D eigenvalue weighted by Gasteiger charge is 2.34. The summed E-state index contributed by atoms with van der Waals surface area (Å²) in [5.41, 5.74) is 1.40. The van der Waals surface area contributed by atoms with Crippen LogP contribution in [0.1, 0.15) is 39.4 Å². The van der Waals surface area contributed by atoms with Crippen LogP contribution in [0.25, 0.3) is 0 Å². The van der Waals surface area contributed by atoms with Crippen LogP contribution in [0, 0.1) is 0 Å². The summed E-state index contributed by atoms with van der Waals surface area (Å²) in [6.07, 6.45) is -0.0688. The van der Waals surface area contributed by atoms with Gasteiger partial charge in [-0.15, -0.1) is 0 Å². The molecule has 31 heavy (non-hydrogen) atoms. The summed E-state index contributed by atoms with van der Waals surface area (Å²) in [6.45, 7) is 0. The van der Waals surface area contributed by atoms with E-state index in [1.54, 1.807) is 42.5 Å². The number of ketones is 1. The quantitative estimate of drug-likeness (QED) is 0.368. The second kappa shape index (κ2) is 8.02. The molecule has 7 heteroatoms. The van der Waals surface area contributed by atoms with Gasteiger partial charge < -0.3 is 24.4 Å². The molecule has 0 spiro atoms. The van der Waals surface area contributed by atoms with Gasteiger partial charge in [-0.25, -0.2) is 0 Å². The zero-order valence-electron chi connectivity index (χ0n) is 16.9. The number of rotatable bonds is 5. The first-order valence-electron chi connectivity index (χ1n) is 9.55. The van der Waals surface area contributed by atoms with Crippen molar-refractivity contribution in [2.45, 2.75) is 12.3 Å². The van der Waals surface area contributed by atoms with Crippen LogP contribution in [-0.4, -0.2) is 36.2 Å². The molecule has 0 fully saturated rings. The predicted octanol–water partition coefficient (Wildman–Crippen LogP) is 3.79. The molecule has 0 bridgehead atoms. The third kappa shape index (κ3) is 3.54. The zero-order valence-corrected chi connectivity index (χ0v) is 16.9. The van der Waals surface area contributed by atoms with Gasteiger partial charge in [-0.2, -0.15) is 0 Å². The molecular formula is C24H20O7. The van der Waals surface area contributed by atoms with Gasteiger partial charge in [0.05, 0.1) is 26.2 Å². The van der Waals surface area contributed by atoms with Crippen LogP contribution in [-0.2, 0) is 4.79 Å². The lowest BCUT2D eigenvalue weighted by Gasteiger charge is -2.27. The number of phenolic OH excluding ortho intramolecular Hbond substituents is 2. The van der Waals surface area contributed by atoms with E-state index in [0.717, 1.165) is 0 Å². The Morgan fingerprint density at radius 2 is 1.61 bits per heavy atom. The molecule has 1 aliphatic heterocycles. The Morgan fingerprint density at radius 1 is 0.968 bits per heavy atom. The van der Waals surface area contributed by atoms with Crippen LogP contribution in [0.4, 0.5) is 0 Å². The zero-order chi connectivity index (χ0) is 22.1. The Bertz CT molecular complexity index is 1140. The first-order chi connectivity index (χ1) is 14.9. The molecule has 1 heterocycles.